The Hall–Kier alpha value is -2.08. The number of hydrogen-bond acceptors (Lipinski definition) is 4. The lowest BCUT2D eigenvalue weighted by Crippen LogP contribution is -2.20. The number of aryl methyl sites for hydroxylation is 1. The predicted octanol–water partition coefficient (Wildman–Crippen LogP) is 3.49. The molecule has 0 spiro atoms. The molecule has 0 unspecified atom stereocenters. The van der Waals surface area contributed by atoms with Crippen molar-refractivity contribution in [2.75, 3.05) is 11.6 Å². The van der Waals surface area contributed by atoms with Gasteiger partial charge in [-0.25, -0.2) is 4.98 Å². The van der Waals surface area contributed by atoms with Gasteiger partial charge in [-0.2, -0.15) is 0 Å². The number of hydrogen-bond donors (Lipinski definition) is 2. The van der Waals surface area contributed by atoms with Crippen molar-refractivity contribution in [1.29, 1.82) is 0 Å². The molecule has 0 saturated carbocycles. The lowest BCUT2D eigenvalue weighted by molar-refractivity contribution is -0.116. The number of nitrogens with zero attached hydrogens (tertiary/aromatic N) is 1. The van der Waals surface area contributed by atoms with Crippen LogP contribution < -0.4 is 10.9 Å². The van der Waals surface area contributed by atoms with Gasteiger partial charge >= 0.3 is 0 Å². The van der Waals surface area contributed by atoms with Crippen molar-refractivity contribution < 1.29 is 4.79 Å². The van der Waals surface area contributed by atoms with Gasteiger partial charge in [0.1, 0.15) is 0 Å². The van der Waals surface area contributed by atoms with Gasteiger partial charge in [0, 0.05) is 23.4 Å². The van der Waals surface area contributed by atoms with Gasteiger partial charge in [-0.3, -0.25) is 9.59 Å². The number of carbonyl (C=O) groups excluding carboxylic acids is 1. The summed E-state index contributed by atoms with van der Waals surface area (Å²) in [5.74, 6) is 0.348. The summed E-state index contributed by atoms with van der Waals surface area (Å²) in [5, 5.41) is 3.46. The summed E-state index contributed by atoms with van der Waals surface area (Å²) in [4.78, 5) is 31.2. The summed E-state index contributed by atoms with van der Waals surface area (Å²) in [5.41, 5.74) is 3.08. The van der Waals surface area contributed by atoms with Crippen LogP contribution in [-0.4, -0.2) is 22.1 Å². The van der Waals surface area contributed by atoms with Crippen molar-refractivity contribution in [1.82, 2.24) is 9.97 Å². The van der Waals surface area contributed by atoms with E-state index in [4.69, 9.17) is 0 Å². The van der Waals surface area contributed by atoms with E-state index in [9.17, 15) is 9.59 Å². The van der Waals surface area contributed by atoms with Crippen molar-refractivity contribution >= 4 is 23.4 Å². The van der Waals surface area contributed by atoms with E-state index >= 15 is 0 Å². The quantitative estimate of drug-likeness (QED) is 0.621. The van der Waals surface area contributed by atoms with E-state index in [1.807, 2.05) is 30.5 Å². The second-order valence-electron chi connectivity index (χ2n) is 5.96. The summed E-state index contributed by atoms with van der Waals surface area (Å²) in [6.07, 6.45) is 2.48. The number of nitrogens with one attached hydrogen (secondary N) is 2. The van der Waals surface area contributed by atoms with Gasteiger partial charge in [0.05, 0.1) is 0 Å². The molecule has 0 aliphatic heterocycles. The molecular formula is C18H23N3O2S. The molecule has 0 saturated heterocycles. The highest BCUT2D eigenvalue weighted by Gasteiger charge is 2.11. The minimum atomic E-state index is -0.166. The number of thioether (sulfide) groups is 1. The number of rotatable bonds is 6. The minimum absolute atomic E-state index is 0.111. The third-order valence-electron chi connectivity index (χ3n) is 3.86. The summed E-state index contributed by atoms with van der Waals surface area (Å²) < 4.78 is 0. The molecular weight excluding hydrogens is 322 g/mol. The maximum Gasteiger partial charge on any atom is 0.254 e. The number of H-pyrrole nitrogens is 1. The fourth-order valence-corrected chi connectivity index (χ4v) is 2.81. The second-order valence-corrected chi connectivity index (χ2v) is 6.76. The summed E-state index contributed by atoms with van der Waals surface area (Å²) in [6, 6.07) is 7.83. The number of amides is 1. The average molecular weight is 345 g/mol. The van der Waals surface area contributed by atoms with Gasteiger partial charge in [-0.05, 0) is 43.2 Å². The topological polar surface area (TPSA) is 74.8 Å². The third-order valence-corrected chi connectivity index (χ3v) is 4.44. The smallest absolute Gasteiger partial charge is 0.254 e. The van der Waals surface area contributed by atoms with E-state index < -0.39 is 0 Å². The first kappa shape index (κ1) is 18.3. The van der Waals surface area contributed by atoms with Gasteiger partial charge in [-0.1, -0.05) is 37.7 Å². The van der Waals surface area contributed by atoms with E-state index in [0.717, 1.165) is 5.69 Å². The summed E-state index contributed by atoms with van der Waals surface area (Å²) in [6.45, 7) is 6.06. The predicted molar refractivity (Wildman–Crippen MR) is 98.9 cm³/mol. The molecule has 24 heavy (non-hydrogen) atoms. The molecule has 2 rings (SSSR count). The number of carbonyl (C=O) groups is 1. The molecule has 0 aliphatic carbocycles. The molecule has 0 fully saturated rings. The second kappa shape index (κ2) is 8.15. The Balaban J connectivity index is 1.97. The van der Waals surface area contributed by atoms with Crippen LogP contribution in [0.15, 0.2) is 34.2 Å². The zero-order chi connectivity index (χ0) is 17.7. The van der Waals surface area contributed by atoms with Crippen LogP contribution in [0.5, 0.6) is 0 Å². The van der Waals surface area contributed by atoms with Gasteiger partial charge in [0.15, 0.2) is 5.16 Å². The molecule has 2 N–H and O–H groups in total. The first-order valence-corrected chi connectivity index (χ1v) is 9.16. The minimum Gasteiger partial charge on any atom is -0.326 e. The molecule has 1 amide bonds. The standard InChI is InChI=1S/C18H23N3O2S/c1-11(2)13-5-7-14(8-6-13)20-16(22)10-9-15-12(3)19-18(24-4)21-17(15)23/h5-8,11H,9-10H2,1-4H3,(H,20,22)(H,19,21,23). The molecule has 6 heteroatoms. The molecule has 0 aliphatic rings. The largest absolute Gasteiger partial charge is 0.326 e. The first-order valence-electron chi connectivity index (χ1n) is 7.94. The van der Waals surface area contributed by atoms with Crippen LogP contribution >= 0.6 is 11.8 Å². The lowest BCUT2D eigenvalue weighted by atomic mass is 10.0. The van der Waals surface area contributed by atoms with Crippen LogP contribution in [0, 0.1) is 6.92 Å². The number of benzene rings is 1. The van der Waals surface area contributed by atoms with Gasteiger partial charge in [0.2, 0.25) is 5.91 Å². The van der Waals surface area contributed by atoms with Gasteiger partial charge in [0.25, 0.3) is 5.56 Å². The van der Waals surface area contributed by atoms with Crippen molar-refractivity contribution in [2.45, 2.75) is 44.7 Å². The summed E-state index contributed by atoms with van der Waals surface area (Å²) >= 11 is 1.39. The first-order chi connectivity index (χ1) is 11.4. The van der Waals surface area contributed by atoms with Crippen molar-refractivity contribution in [3.8, 4) is 0 Å². The maximum absolute atomic E-state index is 12.1. The SMILES string of the molecule is CSc1nc(C)c(CCC(=O)Nc2ccc(C(C)C)cc2)c(=O)[nH]1. The molecule has 5 nitrogen and oxygen atoms in total. The monoisotopic (exact) mass is 345 g/mol. The highest BCUT2D eigenvalue weighted by atomic mass is 32.2. The number of anilines is 1. The maximum atomic E-state index is 12.1. The van der Waals surface area contributed by atoms with Crippen LogP contribution in [-0.2, 0) is 11.2 Å². The van der Waals surface area contributed by atoms with Gasteiger partial charge < -0.3 is 10.3 Å². The van der Waals surface area contributed by atoms with Crippen LogP contribution in [0.4, 0.5) is 5.69 Å². The number of aromatic amines is 1. The molecule has 1 aromatic carbocycles. The molecule has 0 bridgehead atoms. The van der Waals surface area contributed by atoms with E-state index in [1.165, 1.54) is 17.3 Å². The van der Waals surface area contributed by atoms with Crippen LogP contribution in [0.3, 0.4) is 0 Å². The Kier molecular flexibility index (Phi) is 6.20. The fourth-order valence-electron chi connectivity index (χ4n) is 2.39. The molecule has 1 heterocycles. The Morgan fingerprint density at radius 2 is 1.96 bits per heavy atom. The summed E-state index contributed by atoms with van der Waals surface area (Å²) in [7, 11) is 0. The van der Waals surface area contributed by atoms with Gasteiger partial charge in [-0.15, -0.1) is 0 Å². The van der Waals surface area contributed by atoms with E-state index in [1.54, 1.807) is 6.92 Å². The Morgan fingerprint density at radius 1 is 1.29 bits per heavy atom. The Morgan fingerprint density at radius 3 is 2.50 bits per heavy atom. The molecule has 1 aromatic heterocycles. The molecule has 0 radical (unpaired) electrons. The van der Waals surface area contributed by atoms with Crippen LogP contribution in [0.2, 0.25) is 0 Å². The van der Waals surface area contributed by atoms with Crippen molar-refractivity contribution in [3.05, 3.63) is 51.4 Å². The number of aromatic nitrogens is 2. The zero-order valence-electron chi connectivity index (χ0n) is 14.5. The molecule has 2 aromatic rings. The normalized spacial score (nSPS) is 10.9. The fraction of sp³-hybridized carbons (Fsp3) is 0.389. The van der Waals surface area contributed by atoms with E-state index in [-0.39, 0.29) is 17.9 Å². The molecule has 0 atom stereocenters. The molecule has 128 valence electrons. The van der Waals surface area contributed by atoms with Crippen molar-refractivity contribution in [3.63, 3.8) is 0 Å². The highest BCUT2D eigenvalue weighted by Crippen LogP contribution is 2.17. The van der Waals surface area contributed by atoms with Crippen molar-refractivity contribution in [2.24, 2.45) is 0 Å². The van der Waals surface area contributed by atoms with E-state index in [0.29, 0.717) is 28.8 Å². The van der Waals surface area contributed by atoms with Crippen LogP contribution in [0.1, 0.15) is 43.0 Å². The highest BCUT2D eigenvalue weighted by molar-refractivity contribution is 7.98. The van der Waals surface area contributed by atoms with E-state index in [2.05, 4.69) is 29.1 Å². The Labute approximate surface area is 146 Å². The Bertz CT molecular complexity index is 767. The average Bonchev–Trinajstić information content (AvgIpc) is 2.54. The zero-order valence-corrected chi connectivity index (χ0v) is 15.3. The lowest BCUT2D eigenvalue weighted by Gasteiger charge is -2.09. The third kappa shape index (κ3) is 4.71. The van der Waals surface area contributed by atoms with Crippen LogP contribution in [0.25, 0.3) is 0 Å².